The summed E-state index contributed by atoms with van der Waals surface area (Å²) in [6.45, 7) is 3.56. The molecule has 2 aromatic rings. The lowest BCUT2D eigenvalue weighted by Crippen LogP contribution is -2.48. The lowest BCUT2D eigenvalue weighted by atomic mass is 10.1. The summed E-state index contributed by atoms with van der Waals surface area (Å²) in [4.78, 5) is 22.6. The lowest BCUT2D eigenvalue weighted by molar-refractivity contribution is -0.130. The number of ether oxygens (including phenoxy) is 1. The van der Waals surface area contributed by atoms with Gasteiger partial charge in [-0.3, -0.25) is 9.79 Å². The minimum absolute atomic E-state index is 0. The highest BCUT2D eigenvalue weighted by Gasteiger charge is 2.26. The van der Waals surface area contributed by atoms with Crippen molar-refractivity contribution < 1.29 is 9.53 Å². The van der Waals surface area contributed by atoms with Crippen LogP contribution in [0, 0.1) is 0 Å². The van der Waals surface area contributed by atoms with E-state index < -0.39 is 0 Å². The first kappa shape index (κ1) is 23.6. The highest BCUT2D eigenvalue weighted by Crippen LogP contribution is 2.30. The van der Waals surface area contributed by atoms with Crippen molar-refractivity contribution >= 4 is 52.9 Å². The Labute approximate surface area is 204 Å². The average Bonchev–Trinajstić information content (AvgIpc) is 3.45. The second kappa shape index (κ2) is 11.0. The Morgan fingerprint density at radius 1 is 1.29 bits per heavy atom. The summed E-state index contributed by atoms with van der Waals surface area (Å²) in [5.74, 6) is 1.67. The molecule has 0 radical (unpaired) electrons. The molecule has 0 bridgehead atoms. The van der Waals surface area contributed by atoms with Crippen molar-refractivity contribution in [1.82, 2.24) is 15.5 Å². The van der Waals surface area contributed by atoms with Gasteiger partial charge in [0.15, 0.2) is 5.96 Å². The number of hydrogen-bond acceptors (Lipinski definition) is 5. The van der Waals surface area contributed by atoms with Crippen LogP contribution in [0.15, 0.2) is 40.7 Å². The van der Waals surface area contributed by atoms with Gasteiger partial charge in [0.1, 0.15) is 5.75 Å². The van der Waals surface area contributed by atoms with E-state index in [4.69, 9.17) is 4.74 Å². The van der Waals surface area contributed by atoms with Crippen molar-refractivity contribution in [2.75, 3.05) is 45.2 Å². The summed E-state index contributed by atoms with van der Waals surface area (Å²) in [6.07, 6.45) is 1.95. The number of thiophene rings is 1. The molecule has 31 heavy (non-hydrogen) atoms. The van der Waals surface area contributed by atoms with Gasteiger partial charge in [-0.1, -0.05) is 12.1 Å². The molecule has 1 atom stereocenters. The van der Waals surface area contributed by atoms with Gasteiger partial charge in [-0.25, -0.2) is 0 Å². The molecular formula is C22H30IN5O2S. The molecule has 2 aliphatic heterocycles. The third-order valence-corrected chi connectivity index (χ3v) is 6.77. The SMILES string of the molecule is CN=C(NCC(=O)N1CCc2sccc2C1)NC1CCN(c2ccccc2OC)C1.I. The number of carbonyl (C=O) groups excluding carboxylic acids is 1. The number of para-hydroxylation sites is 2. The molecule has 4 rings (SSSR count). The predicted octanol–water partition coefficient (Wildman–Crippen LogP) is 2.70. The molecule has 0 saturated carbocycles. The van der Waals surface area contributed by atoms with Gasteiger partial charge in [0.05, 0.1) is 19.3 Å². The molecule has 1 fully saturated rings. The Bertz CT molecular complexity index is 919. The van der Waals surface area contributed by atoms with Gasteiger partial charge in [-0.2, -0.15) is 0 Å². The van der Waals surface area contributed by atoms with Crippen LogP contribution in [0.3, 0.4) is 0 Å². The van der Waals surface area contributed by atoms with Crippen LogP contribution < -0.4 is 20.3 Å². The maximum atomic E-state index is 12.7. The van der Waals surface area contributed by atoms with Gasteiger partial charge in [0.2, 0.25) is 5.91 Å². The summed E-state index contributed by atoms with van der Waals surface area (Å²) >= 11 is 1.78. The topological polar surface area (TPSA) is 69.2 Å². The maximum Gasteiger partial charge on any atom is 0.242 e. The van der Waals surface area contributed by atoms with Crippen molar-refractivity contribution in [2.45, 2.75) is 25.4 Å². The first-order valence-electron chi connectivity index (χ1n) is 10.4. The number of carbonyl (C=O) groups is 1. The predicted molar refractivity (Wildman–Crippen MR) is 137 cm³/mol. The number of fused-ring (bicyclic) bond motifs is 1. The molecule has 168 valence electrons. The van der Waals surface area contributed by atoms with E-state index in [0.717, 1.165) is 43.9 Å². The largest absolute Gasteiger partial charge is 0.495 e. The van der Waals surface area contributed by atoms with E-state index in [1.54, 1.807) is 25.5 Å². The maximum absolute atomic E-state index is 12.7. The quantitative estimate of drug-likeness (QED) is 0.338. The van der Waals surface area contributed by atoms with Crippen molar-refractivity contribution in [3.05, 3.63) is 46.2 Å². The molecule has 1 amide bonds. The van der Waals surface area contributed by atoms with E-state index in [-0.39, 0.29) is 42.5 Å². The molecule has 1 saturated heterocycles. The molecule has 3 heterocycles. The summed E-state index contributed by atoms with van der Waals surface area (Å²) in [7, 11) is 3.44. The van der Waals surface area contributed by atoms with E-state index in [1.165, 1.54) is 10.4 Å². The molecule has 0 spiro atoms. The number of methoxy groups -OCH3 is 1. The van der Waals surface area contributed by atoms with Crippen LogP contribution in [0.4, 0.5) is 5.69 Å². The van der Waals surface area contributed by atoms with Gasteiger partial charge in [0, 0.05) is 44.1 Å². The lowest BCUT2D eigenvalue weighted by Gasteiger charge is -2.27. The summed E-state index contributed by atoms with van der Waals surface area (Å²) < 4.78 is 5.49. The molecule has 7 nitrogen and oxygen atoms in total. The number of anilines is 1. The molecule has 2 N–H and O–H groups in total. The first-order valence-corrected chi connectivity index (χ1v) is 11.2. The number of amides is 1. The van der Waals surface area contributed by atoms with Crippen molar-refractivity contribution in [3.8, 4) is 5.75 Å². The number of halogens is 1. The van der Waals surface area contributed by atoms with E-state index in [2.05, 4.69) is 38.0 Å². The Hall–Kier alpha value is -2.01. The van der Waals surface area contributed by atoms with Crippen LogP contribution in [-0.4, -0.2) is 63.1 Å². The van der Waals surface area contributed by atoms with Crippen LogP contribution in [0.2, 0.25) is 0 Å². The highest BCUT2D eigenvalue weighted by atomic mass is 127. The van der Waals surface area contributed by atoms with E-state index in [0.29, 0.717) is 12.5 Å². The van der Waals surface area contributed by atoms with Crippen LogP contribution in [0.1, 0.15) is 16.9 Å². The zero-order valence-electron chi connectivity index (χ0n) is 18.0. The standard InChI is InChI=1S/C22H29N5O2S.HI/c1-23-22(24-13-21(28)27-11-8-20-16(14-27)9-12-30-20)25-17-7-10-26(15-17)18-5-3-4-6-19(18)29-2;/h3-6,9,12,17H,7-8,10-11,13-15H2,1-2H3,(H2,23,24,25);1H. The second-order valence-electron chi connectivity index (χ2n) is 7.61. The van der Waals surface area contributed by atoms with E-state index in [1.807, 2.05) is 23.1 Å². The number of rotatable bonds is 5. The highest BCUT2D eigenvalue weighted by molar-refractivity contribution is 14.0. The summed E-state index contributed by atoms with van der Waals surface area (Å²) in [5, 5.41) is 8.77. The van der Waals surface area contributed by atoms with Gasteiger partial charge in [-0.15, -0.1) is 35.3 Å². The minimum atomic E-state index is 0. The first-order chi connectivity index (χ1) is 14.7. The smallest absolute Gasteiger partial charge is 0.242 e. The van der Waals surface area contributed by atoms with Crippen molar-refractivity contribution in [2.24, 2.45) is 4.99 Å². The third kappa shape index (κ3) is 5.62. The number of aliphatic imine (C=N–C) groups is 1. The minimum Gasteiger partial charge on any atom is -0.495 e. The number of benzene rings is 1. The molecule has 0 aliphatic carbocycles. The molecule has 2 aliphatic rings. The summed E-state index contributed by atoms with van der Waals surface area (Å²) in [6, 6.07) is 10.5. The fourth-order valence-corrected chi connectivity index (χ4v) is 5.00. The van der Waals surface area contributed by atoms with Crippen LogP contribution in [0.25, 0.3) is 0 Å². The van der Waals surface area contributed by atoms with Gasteiger partial charge in [-0.05, 0) is 42.0 Å². The molecular weight excluding hydrogens is 525 g/mol. The monoisotopic (exact) mass is 555 g/mol. The number of nitrogens with one attached hydrogen (secondary N) is 2. The third-order valence-electron chi connectivity index (χ3n) is 5.75. The Morgan fingerprint density at radius 3 is 2.94 bits per heavy atom. The second-order valence-corrected chi connectivity index (χ2v) is 8.61. The van der Waals surface area contributed by atoms with Crippen LogP contribution in [-0.2, 0) is 17.8 Å². The Balaban J connectivity index is 0.00000272. The molecule has 9 heteroatoms. The molecule has 1 aromatic heterocycles. The van der Waals surface area contributed by atoms with Gasteiger partial charge >= 0.3 is 0 Å². The average molecular weight is 555 g/mol. The Kier molecular flexibility index (Phi) is 8.42. The molecule has 1 aromatic carbocycles. The van der Waals surface area contributed by atoms with Crippen LogP contribution in [0.5, 0.6) is 5.75 Å². The number of hydrogen-bond donors (Lipinski definition) is 2. The zero-order valence-corrected chi connectivity index (χ0v) is 21.1. The fourth-order valence-electron chi connectivity index (χ4n) is 4.11. The molecule has 1 unspecified atom stereocenters. The zero-order chi connectivity index (χ0) is 20.9. The number of guanidine groups is 1. The summed E-state index contributed by atoms with van der Waals surface area (Å²) in [5.41, 5.74) is 2.39. The van der Waals surface area contributed by atoms with Gasteiger partial charge < -0.3 is 25.2 Å². The van der Waals surface area contributed by atoms with E-state index in [9.17, 15) is 4.79 Å². The van der Waals surface area contributed by atoms with Crippen LogP contribution >= 0.6 is 35.3 Å². The fraction of sp³-hybridized carbons (Fsp3) is 0.455. The van der Waals surface area contributed by atoms with E-state index >= 15 is 0 Å². The Morgan fingerprint density at radius 2 is 2.13 bits per heavy atom. The number of nitrogens with zero attached hydrogens (tertiary/aromatic N) is 3. The van der Waals surface area contributed by atoms with Crippen molar-refractivity contribution in [1.29, 1.82) is 0 Å². The van der Waals surface area contributed by atoms with Gasteiger partial charge in [0.25, 0.3) is 0 Å². The normalized spacial score (nSPS) is 18.3. The van der Waals surface area contributed by atoms with Crippen molar-refractivity contribution in [3.63, 3.8) is 0 Å².